The number of nitrogens with zero attached hydrogens (tertiary/aromatic N) is 1. The second-order valence-corrected chi connectivity index (χ2v) is 7.74. The maximum absolute atomic E-state index is 13.2. The molecule has 29 heavy (non-hydrogen) atoms. The van der Waals surface area contributed by atoms with Crippen molar-refractivity contribution in [3.8, 4) is 0 Å². The Bertz CT molecular complexity index is 931. The fraction of sp³-hybridized carbons (Fsp3) is 0.318. The molecule has 7 heteroatoms. The average Bonchev–Trinajstić information content (AvgIpc) is 2.67. The zero-order valence-corrected chi connectivity index (χ0v) is 16.9. The molecule has 0 saturated carbocycles. The molecule has 1 unspecified atom stereocenters. The van der Waals surface area contributed by atoms with E-state index in [1.54, 1.807) is 49.9 Å². The second-order valence-electron chi connectivity index (χ2n) is 7.74. The van der Waals surface area contributed by atoms with Crippen molar-refractivity contribution in [3.63, 3.8) is 0 Å². The number of para-hydroxylation sites is 1. The Kier molecular flexibility index (Phi) is 5.59. The number of esters is 1. The molecule has 2 aromatic rings. The third-order valence-electron chi connectivity index (χ3n) is 4.41. The predicted molar refractivity (Wildman–Crippen MR) is 108 cm³/mol. The monoisotopic (exact) mass is 396 g/mol. The summed E-state index contributed by atoms with van der Waals surface area (Å²) in [7, 11) is 1.31. The normalized spacial score (nSPS) is 16.1. The number of ether oxygens (including phenoxy) is 2. The van der Waals surface area contributed by atoms with Crippen LogP contribution in [-0.4, -0.2) is 36.7 Å². The molecule has 7 nitrogen and oxygen atoms in total. The highest BCUT2D eigenvalue weighted by molar-refractivity contribution is 6.07. The van der Waals surface area contributed by atoms with E-state index in [0.717, 1.165) is 11.3 Å². The Morgan fingerprint density at radius 2 is 1.72 bits per heavy atom. The van der Waals surface area contributed by atoms with E-state index in [1.807, 2.05) is 24.3 Å². The lowest BCUT2D eigenvalue weighted by Gasteiger charge is -2.34. The van der Waals surface area contributed by atoms with Gasteiger partial charge in [0.25, 0.3) is 5.91 Å². The van der Waals surface area contributed by atoms with Crippen LogP contribution >= 0.6 is 0 Å². The summed E-state index contributed by atoms with van der Waals surface area (Å²) in [5.74, 6) is -0.730. The van der Waals surface area contributed by atoms with E-state index in [4.69, 9.17) is 9.47 Å². The van der Waals surface area contributed by atoms with Crippen LogP contribution in [0.4, 0.5) is 16.2 Å². The molecule has 0 spiro atoms. The van der Waals surface area contributed by atoms with Gasteiger partial charge < -0.3 is 14.8 Å². The Balaban J connectivity index is 1.92. The molecular weight excluding hydrogens is 372 g/mol. The first-order valence-corrected chi connectivity index (χ1v) is 9.29. The summed E-state index contributed by atoms with van der Waals surface area (Å²) in [6.45, 7) is 5.29. The fourth-order valence-electron chi connectivity index (χ4n) is 3.18. The Labute approximate surface area is 169 Å². The number of carbonyl (C=O) groups excluding carboxylic acids is 3. The third kappa shape index (κ3) is 4.56. The van der Waals surface area contributed by atoms with Crippen molar-refractivity contribution in [1.82, 2.24) is 5.32 Å². The maximum Gasteiger partial charge on any atom is 0.408 e. The minimum Gasteiger partial charge on any atom is -0.465 e. The summed E-state index contributed by atoms with van der Waals surface area (Å²) in [6, 6.07) is 13.3. The lowest BCUT2D eigenvalue weighted by molar-refractivity contribution is -0.120. The lowest BCUT2D eigenvalue weighted by atomic mass is 9.96. The largest absolute Gasteiger partial charge is 0.465 e. The van der Waals surface area contributed by atoms with Gasteiger partial charge >= 0.3 is 12.1 Å². The highest BCUT2D eigenvalue weighted by atomic mass is 16.6. The van der Waals surface area contributed by atoms with Crippen LogP contribution < -0.4 is 10.2 Å². The van der Waals surface area contributed by atoms with Gasteiger partial charge in [0, 0.05) is 12.1 Å². The summed E-state index contributed by atoms with van der Waals surface area (Å²) < 4.78 is 10.0. The number of alkyl carbamates (subject to hydrolysis) is 1. The first kappa shape index (κ1) is 20.4. The summed E-state index contributed by atoms with van der Waals surface area (Å²) in [5, 5.41) is 2.68. The zero-order chi connectivity index (χ0) is 21.2. The van der Waals surface area contributed by atoms with Gasteiger partial charge in [-0.1, -0.05) is 18.2 Å². The summed E-state index contributed by atoms with van der Waals surface area (Å²) in [6.07, 6.45) is -0.276. The van der Waals surface area contributed by atoms with Gasteiger partial charge in [-0.2, -0.15) is 0 Å². The number of carbonyl (C=O) groups is 3. The number of anilines is 2. The highest BCUT2D eigenvalue weighted by Gasteiger charge is 2.35. The SMILES string of the molecule is COC(=O)c1ccc(N2C(=O)C(NC(=O)OC(C)(C)C)Cc3ccccc32)cc1. The fourth-order valence-corrected chi connectivity index (χ4v) is 3.18. The molecule has 1 atom stereocenters. The van der Waals surface area contributed by atoms with Crippen molar-refractivity contribution >= 4 is 29.3 Å². The Hall–Kier alpha value is -3.35. The highest BCUT2D eigenvalue weighted by Crippen LogP contribution is 2.34. The number of fused-ring (bicyclic) bond motifs is 1. The van der Waals surface area contributed by atoms with Crippen LogP contribution in [0.5, 0.6) is 0 Å². The number of nitrogens with one attached hydrogen (secondary N) is 1. The van der Waals surface area contributed by atoms with Gasteiger partial charge in [0.1, 0.15) is 11.6 Å². The maximum atomic E-state index is 13.2. The number of benzene rings is 2. The number of rotatable bonds is 3. The third-order valence-corrected chi connectivity index (χ3v) is 4.41. The molecule has 1 heterocycles. The molecule has 0 radical (unpaired) electrons. The van der Waals surface area contributed by atoms with Crippen molar-refractivity contribution in [1.29, 1.82) is 0 Å². The lowest BCUT2D eigenvalue weighted by Crippen LogP contribution is -2.52. The van der Waals surface area contributed by atoms with Crippen LogP contribution in [0.1, 0.15) is 36.7 Å². The van der Waals surface area contributed by atoms with E-state index in [9.17, 15) is 14.4 Å². The van der Waals surface area contributed by atoms with Crippen LogP contribution in [0.15, 0.2) is 48.5 Å². The molecule has 1 aliphatic heterocycles. The van der Waals surface area contributed by atoms with E-state index in [0.29, 0.717) is 17.7 Å². The van der Waals surface area contributed by atoms with Crippen molar-refractivity contribution in [2.45, 2.75) is 38.8 Å². The number of hydrogen-bond donors (Lipinski definition) is 1. The quantitative estimate of drug-likeness (QED) is 0.802. The van der Waals surface area contributed by atoms with Gasteiger partial charge in [-0.3, -0.25) is 9.69 Å². The van der Waals surface area contributed by atoms with Gasteiger partial charge in [-0.05, 0) is 56.7 Å². The first-order valence-electron chi connectivity index (χ1n) is 9.29. The summed E-state index contributed by atoms with van der Waals surface area (Å²) >= 11 is 0. The second kappa shape index (κ2) is 7.95. The van der Waals surface area contributed by atoms with Crippen molar-refractivity contribution < 1.29 is 23.9 Å². The molecule has 0 bridgehead atoms. The van der Waals surface area contributed by atoms with Crippen LogP contribution in [-0.2, 0) is 20.7 Å². The summed E-state index contributed by atoms with van der Waals surface area (Å²) in [4.78, 5) is 38.7. The minimum absolute atomic E-state index is 0.277. The topological polar surface area (TPSA) is 84.9 Å². The van der Waals surface area contributed by atoms with Crippen LogP contribution in [0.3, 0.4) is 0 Å². The van der Waals surface area contributed by atoms with E-state index >= 15 is 0 Å². The molecule has 0 saturated heterocycles. The predicted octanol–water partition coefficient (Wildman–Crippen LogP) is 3.59. The molecule has 1 aliphatic rings. The molecule has 0 aromatic heterocycles. The molecule has 2 aromatic carbocycles. The molecule has 0 aliphatic carbocycles. The van der Waals surface area contributed by atoms with Gasteiger partial charge in [0.05, 0.1) is 18.4 Å². The van der Waals surface area contributed by atoms with Crippen LogP contribution in [0.2, 0.25) is 0 Å². The number of hydrogen-bond acceptors (Lipinski definition) is 5. The van der Waals surface area contributed by atoms with Crippen molar-refractivity contribution in [3.05, 3.63) is 59.7 Å². The Morgan fingerprint density at radius 3 is 2.34 bits per heavy atom. The number of methoxy groups -OCH3 is 1. The van der Waals surface area contributed by atoms with Gasteiger partial charge in [0.15, 0.2) is 0 Å². The zero-order valence-electron chi connectivity index (χ0n) is 16.9. The van der Waals surface area contributed by atoms with Crippen LogP contribution in [0, 0.1) is 0 Å². The minimum atomic E-state index is -0.764. The van der Waals surface area contributed by atoms with E-state index < -0.39 is 23.7 Å². The molecule has 0 fully saturated rings. The molecule has 152 valence electrons. The molecule has 1 N–H and O–H groups in total. The Morgan fingerprint density at radius 1 is 1.07 bits per heavy atom. The number of amides is 2. The van der Waals surface area contributed by atoms with E-state index in [1.165, 1.54) is 7.11 Å². The smallest absolute Gasteiger partial charge is 0.408 e. The van der Waals surface area contributed by atoms with E-state index in [-0.39, 0.29) is 5.91 Å². The van der Waals surface area contributed by atoms with Crippen molar-refractivity contribution in [2.75, 3.05) is 12.0 Å². The van der Waals surface area contributed by atoms with E-state index in [2.05, 4.69) is 5.32 Å². The molecule has 3 rings (SSSR count). The molecule has 2 amide bonds. The standard InChI is InChI=1S/C22H24N2O5/c1-22(2,3)29-21(27)23-17-13-15-7-5-6-8-18(15)24(19(17)25)16-11-9-14(10-12-16)20(26)28-4/h5-12,17H,13H2,1-4H3,(H,23,27). The van der Waals surface area contributed by atoms with Gasteiger partial charge in [-0.25, -0.2) is 9.59 Å². The van der Waals surface area contributed by atoms with Crippen molar-refractivity contribution in [2.24, 2.45) is 0 Å². The van der Waals surface area contributed by atoms with Gasteiger partial charge in [-0.15, -0.1) is 0 Å². The first-order chi connectivity index (χ1) is 13.7. The summed E-state index contributed by atoms with van der Waals surface area (Å²) in [5.41, 5.74) is 1.97. The molecular formula is C22H24N2O5. The average molecular weight is 396 g/mol. The van der Waals surface area contributed by atoms with Crippen LogP contribution in [0.25, 0.3) is 0 Å². The van der Waals surface area contributed by atoms with Gasteiger partial charge in [0.2, 0.25) is 0 Å².